The van der Waals surface area contributed by atoms with Crippen LogP contribution in [0.3, 0.4) is 0 Å². The number of benzene rings is 1. The zero-order valence-corrected chi connectivity index (χ0v) is 19.1. The van der Waals surface area contributed by atoms with E-state index in [2.05, 4.69) is 36.9 Å². The third kappa shape index (κ3) is 4.20. The number of piperazine rings is 1. The maximum absolute atomic E-state index is 12.7. The number of rotatable bonds is 5. The number of hydrogen-bond donors (Lipinski definition) is 0. The van der Waals surface area contributed by atoms with Crippen molar-refractivity contribution in [3.8, 4) is 0 Å². The van der Waals surface area contributed by atoms with Crippen molar-refractivity contribution in [2.75, 3.05) is 37.7 Å². The Morgan fingerprint density at radius 2 is 1.58 bits per heavy atom. The van der Waals surface area contributed by atoms with Crippen molar-refractivity contribution in [1.82, 2.24) is 4.90 Å². The summed E-state index contributed by atoms with van der Waals surface area (Å²) in [6, 6.07) is 6.39. The Hall–Kier alpha value is -2.04. The van der Waals surface area contributed by atoms with Gasteiger partial charge < -0.3 is 14.5 Å². The summed E-state index contributed by atoms with van der Waals surface area (Å²) in [5.41, 5.74) is 4.03. The van der Waals surface area contributed by atoms with Gasteiger partial charge in [-0.25, -0.2) is 0 Å². The number of carbonyl (C=O) groups is 2. The van der Waals surface area contributed by atoms with E-state index in [0.29, 0.717) is 19.5 Å². The fourth-order valence-electron chi connectivity index (χ4n) is 7.37. The molecule has 6 rings (SSSR count). The van der Waals surface area contributed by atoms with Gasteiger partial charge in [-0.1, -0.05) is 12.1 Å². The fourth-order valence-corrected chi connectivity index (χ4v) is 7.37. The van der Waals surface area contributed by atoms with E-state index in [-0.39, 0.29) is 23.9 Å². The van der Waals surface area contributed by atoms with E-state index < -0.39 is 0 Å². The number of amides is 1. The standard InChI is InChI=1S/C26H36N2O3/c1-18-4-3-5-23(19(18)2)27-6-8-28(9-7-27)24(29)17-31-25(30)16-26-13-20-10-21(14-26)12-22(11-20)15-26/h3-5,20-22H,6-17H2,1-2H3. The second kappa shape index (κ2) is 8.14. The van der Waals surface area contributed by atoms with Gasteiger partial charge in [0.05, 0.1) is 6.42 Å². The fraction of sp³-hybridized carbons (Fsp3) is 0.692. The summed E-state index contributed by atoms with van der Waals surface area (Å²) in [7, 11) is 0. The van der Waals surface area contributed by atoms with Crippen LogP contribution in [0.15, 0.2) is 18.2 Å². The second-order valence-electron chi connectivity index (χ2n) is 10.8. The molecule has 5 aliphatic rings. The van der Waals surface area contributed by atoms with Crippen LogP contribution in [-0.4, -0.2) is 49.6 Å². The molecule has 4 saturated carbocycles. The number of nitrogens with zero attached hydrogens (tertiary/aromatic N) is 2. The largest absolute Gasteiger partial charge is 0.456 e. The van der Waals surface area contributed by atoms with Crippen LogP contribution in [0, 0.1) is 37.0 Å². The molecule has 5 heteroatoms. The Morgan fingerprint density at radius 1 is 0.968 bits per heavy atom. The molecular formula is C26H36N2O3. The predicted octanol–water partition coefficient (Wildman–Crippen LogP) is 4.10. The minimum absolute atomic E-state index is 0.0560. The third-order valence-corrected chi connectivity index (χ3v) is 8.59. The minimum atomic E-state index is -0.163. The van der Waals surface area contributed by atoms with E-state index in [9.17, 15) is 9.59 Å². The molecule has 0 N–H and O–H groups in total. The highest BCUT2D eigenvalue weighted by Crippen LogP contribution is 2.61. The Morgan fingerprint density at radius 3 is 2.19 bits per heavy atom. The summed E-state index contributed by atoms with van der Waals surface area (Å²) in [5, 5.41) is 0. The third-order valence-electron chi connectivity index (χ3n) is 8.59. The monoisotopic (exact) mass is 424 g/mol. The molecule has 1 aromatic rings. The lowest BCUT2D eigenvalue weighted by atomic mass is 9.49. The highest BCUT2D eigenvalue weighted by Gasteiger charge is 2.51. The lowest BCUT2D eigenvalue weighted by molar-refractivity contribution is -0.158. The molecule has 1 heterocycles. The van der Waals surface area contributed by atoms with Crippen molar-refractivity contribution >= 4 is 17.6 Å². The number of aryl methyl sites for hydroxylation is 1. The van der Waals surface area contributed by atoms with Crippen molar-refractivity contribution in [2.24, 2.45) is 23.2 Å². The van der Waals surface area contributed by atoms with Gasteiger partial charge in [-0.15, -0.1) is 0 Å². The van der Waals surface area contributed by atoms with E-state index in [1.165, 1.54) is 55.3 Å². The van der Waals surface area contributed by atoms with Crippen LogP contribution in [0.5, 0.6) is 0 Å². The van der Waals surface area contributed by atoms with E-state index >= 15 is 0 Å². The van der Waals surface area contributed by atoms with Crippen molar-refractivity contribution in [2.45, 2.75) is 58.8 Å². The van der Waals surface area contributed by atoms with Crippen LogP contribution in [0.1, 0.15) is 56.1 Å². The molecule has 4 bridgehead atoms. The van der Waals surface area contributed by atoms with Crippen molar-refractivity contribution in [1.29, 1.82) is 0 Å². The van der Waals surface area contributed by atoms with Gasteiger partial charge in [0.25, 0.3) is 5.91 Å². The Kier molecular flexibility index (Phi) is 5.47. The first-order valence-corrected chi connectivity index (χ1v) is 12.2. The van der Waals surface area contributed by atoms with Gasteiger partial charge >= 0.3 is 5.97 Å². The van der Waals surface area contributed by atoms with Crippen molar-refractivity contribution < 1.29 is 14.3 Å². The molecule has 31 heavy (non-hydrogen) atoms. The van der Waals surface area contributed by atoms with Gasteiger partial charge in [0.15, 0.2) is 6.61 Å². The van der Waals surface area contributed by atoms with Crippen LogP contribution in [0.25, 0.3) is 0 Å². The van der Waals surface area contributed by atoms with Crippen LogP contribution < -0.4 is 4.90 Å². The van der Waals surface area contributed by atoms with Crippen molar-refractivity contribution in [3.63, 3.8) is 0 Å². The Balaban J connectivity index is 1.09. The number of esters is 1. The summed E-state index contributed by atoms with van der Waals surface area (Å²) in [6.45, 7) is 7.18. The average Bonchev–Trinajstić information content (AvgIpc) is 2.73. The smallest absolute Gasteiger partial charge is 0.306 e. The summed E-state index contributed by atoms with van der Waals surface area (Å²) in [4.78, 5) is 29.5. The van der Waals surface area contributed by atoms with Gasteiger partial charge in [-0.2, -0.15) is 0 Å². The molecule has 1 saturated heterocycles. The topological polar surface area (TPSA) is 49.9 Å². The SMILES string of the molecule is Cc1cccc(N2CCN(C(=O)COC(=O)CC34CC5CC(CC(C5)C3)C4)CC2)c1C. The average molecular weight is 425 g/mol. The van der Waals surface area contributed by atoms with Gasteiger partial charge in [-0.05, 0) is 92.7 Å². The summed E-state index contributed by atoms with van der Waals surface area (Å²) in [6.07, 6.45) is 8.24. The van der Waals surface area contributed by atoms with Gasteiger partial charge in [0.1, 0.15) is 0 Å². The molecule has 0 spiro atoms. The molecule has 0 atom stereocenters. The summed E-state index contributed by atoms with van der Waals surface area (Å²) >= 11 is 0. The minimum Gasteiger partial charge on any atom is -0.456 e. The Labute approximate surface area is 186 Å². The highest BCUT2D eigenvalue weighted by atomic mass is 16.5. The molecule has 168 valence electrons. The first-order valence-electron chi connectivity index (χ1n) is 12.2. The first-order chi connectivity index (χ1) is 14.9. The molecule has 4 aliphatic carbocycles. The van der Waals surface area contributed by atoms with Crippen LogP contribution >= 0.6 is 0 Å². The molecule has 5 nitrogen and oxygen atoms in total. The number of carbonyl (C=O) groups excluding carboxylic acids is 2. The van der Waals surface area contributed by atoms with Crippen LogP contribution in [0.4, 0.5) is 5.69 Å². The zero-order chi connectivity index (χ0) is 21.6. The zero-order valence-electron chi connectivity index (χ0n) is 19.1. The summed E-state index contributed by atoms with van der Waals surface area (Å²) < 4.78 is 5.50. The Bertz CT molecular complexity index is 821. The molecular weight excluding hydrogens is 388 g/mol. The lowest BCUT2D eigenvalue weighted by Crippen LogP contribution is -2.50. The molecule has 0 unspecified atom stereocenters. The number of ether oxygens (including phenoxy) is 1. The van der Waals surface area contributed by atoms with E-state index in [1.807, 2.05) is 4.90 Å². The van der Waals surface area contributed by atoms with Crippen LogP contribution in [0.2, 0.25) is 0 Å². The maximum atomic E-state index is 12.7. The van der Waals surface area contributed by atoms with Gasteiger partial charge in [0.2, 0.25) is 0 Å². The molecule has 0 aromatic heterocycles. The maximum Gasteiger partial charge on any atom is 0.306 e. The normalized spacial score (nSPS) is 31.7. The molecule has 0 radical (unpaired) electrons. The first kappa shape index (κ1) is 20.8. The van der Waals surface area contributed by atoms with Crippen molar-refractivity contribution in [3.05, 3.63) is 29.3 Å². The van der Waals surface area contributed by atoms with E-state index in [4.69, 9.17) is 4.74 Å². The van der Waals surface area contributed by atoms with Gasteiger partial charge in [0, 0.05) is 31.9 Å². The molecule has 1 aromatic carbocycles. The molecule has 1 amide bonds. The highest BCUT2D eigenvalue weighted by molar-refractivity contribution is 5.81. The quantitative estimate of drug-likeness (QED) is 0.668. The summed E-state index contributed by atoms with van der Waals surface area (Å²) in [5.74, 6) is 2.26. The lowest BCUT2D eigenvalue weighted by Gasteiger charge is -2.56. The van der Waals surface area contributed by atoms with Gasteiger partial charge in [-0.3, -0.25) is 9.59 Å². The predicted molar refractivity (Wildman–Crippen MR) is 121 cm³/mol. The number of hydrogen-bond acceptors (Lipinski definition) is 4. The van der Waals surface area contributed by atoms with E-state index in [0.717, 1.165) is 30.8 Å². The number of anilines is 1. The van der Waals surface area contributed by atoms with E-state index in [1.54, 1.807) is 0 Å². The molecule has 1 aliphatic heterocycles. The second-order valence-corrected chi connectivity index (χ2v) is 10.8. The molecule has 5 fully saturated rings. The van der Waals surface area contributed by atoms with Crippen LogP contribution in [-0.2, 0) is 14.3 Å².